The van der Waals surface area contributed by atoms with E-state index in [9.17, 15) is 18.0 Å². The van der Waals surface area contributed by atoms with Gasteiger partial charge in [0.25, 0.3) is 5.91 Å². The van der Waals surface area contributed by atoms with Gasteiger partial charge in [0.1, 0.15) is 6.10 Å². The Labute approximate surface area is 115 Å². The summed E-state index contributed by atoms with van der Waals surface area (Å²) in [6.45, 7) is 5.04. The maximum atomic E-state index is 12.7. The van der Waals surface area contributed by atoms with E-state index in [4.69, 9.17) is 10.5 Å². The predicted molar refractivity (Wildman–Crippen MR) is 70.2 cm³/mol. The molecule has 0 spiro atoms. The lowest BCUT2D eigenvalue weighted by Crippen LogP contribution is -2.30. The topological polar surface area (TPSA) is 64.3 Å². The summed E-state index contributed by atoms with van der Waals surface area (Å²) in [6.07, 6.45) is -5.49. The highest BCUT2D eigenvalue weighted by Gasteiger charge is 2.33. The third-order valence-electron chi connectivity index (χ3n) is 2.47. The number of benzene rings is 1. The monoisotopic (exact) mass is 290 g/mol. The molecule has 0 heterocycles. The summed E-state index contributed by atoms with van der Waals surface area (Å²) in [5.41, 5.74) is 3.93. The lowest BCUT2D eigenvalue weighted by atomic mass is 10.1. The Morgan fingerprint density at radius 1 is 1.30 bits per heavy atom. The molecule has 112 valence electrons. The zero-order valence-corrected chi connectivity index (χ0v) is 11.4. The third-order valence-corrected chi connectivity index (χ3v) is 2.47. The molecular weight excluding hydrogens is 273 g/mol. The normalized spacial score (nSPS) is 13.3. The van der Waals surface area contributed by atoms with Gasteiger partial charge < -0.3 is 15.8 Å². The van der Waals surface area contributed by atoms with Crippen LogP contribution in [-0.4, -0.2) is 18.1 Å². The summed E-state index contributed by atoms with van der Waals surface area (Å²) >= 11 is 0. The van der Waals surface area contributed by atoms with Gasteiger partial charge in [-0.1, -0.05) is 0 Å². The first kappa shape index (κ1) is 16.3. The van der Waals surface area contributed by atoms with Crippen molar-refractivity contribution in [2.75, 3.05) is 11.1 Å². The van der Waals surface area contributed by atoms with E-state index in [1.54, 1.807) is 13.8 Å². The van der Waals surface area contributed by atoms with Crippen molar-refractivity contribution in [2.24, 2.45) is 0 Å². The second-order valence-corrected chi connectivity index (χ2v) is 4.62. The van der Waals surface area contributed by atoms with Crippen LogP contribution in [0.4, 0.5) is 24.5 Å². The number of carbonyl (C=O) groups is 1. The molecule has 7 heteroatoms. The SMILES string of the molecule is CC(C)OC(C)C(=O)Nc1ccc(N)c(C(F)(F)F)c1. The third kappa shape index (κ3) is 4.41. The standard InChI is InChI=1S/C13H17F3N2O2/c1-7(2)20-8(3)12(19)18-9-4-5-11(17)10(6-9)13(14,15)16/h4-8H,17H2,1-3H3,(H,18,19). The number of rotatable bonds is 4. The molecular formula is C13H17F3N2O2. The van der Waals surface area contributed by atoms with Crippen molar-refractivity contribution in [1.82, 2.24) is 0 Å². The minimum absolute atomic E-state index is 0.0238. The number of nitrogens with one attached hydrogen (secondary N) is 1. The Kier molecular flexibility index (Phi) is 4.99. The molecule has 20 heavy (non-hydrogen) atoms. The first-order chi connectivity index (χ1) is 9.11. The summed E-state index contributed by atoms with van der Waals surface area (Å²) in [7, 11) is 0. The molecule has 4 nitrogen and oxygen atoms in total. The number of nitrogens with two attached hydrogens (primary N) is 1. The number of alkyl halides is 3. The quantitative estimate of drug-likeness (QED) is 0.838. The molecule has 1 aromatic rings. The van der Waals surface area contributed by atoms with Crippen molar-refractivity contribution in [3.63, 3.8) is 0 Å². The van der Waals surface area contributed by atoms with E-state index in [-0.39, 0.29) is 17.5 Å². The number of amides is 1. The van der Waals surface area contributed by atoms with Gasteiger partial charge in [-0.3, -0.25) is 4.79 Å². The van der Waals surface area contributed by atoms with E-state index in [2.05, 4.69) is 5.32 Å². The summed E-state index contributed by atoms with van der Waals surface area (Å²) < 4.78 is 43.3. The Balaban J connectivity index is 2.86. The minimum atomic E-state index is -4.56. The maximum absolute atomic E-state index is 12.7. The molecule has 0 aliphatic heterocycles. The van der Waals surface area contributed by atoms with Crippen LogP contribution in [0.15, 0.2) is 18.2 Å². The number of nitrogen functional groups attached to an aromatic ring is 1. The fraction of sp³-hybridized carbons (Fsp3) is 0.462. The zero-order valence-electron chi connectivity index (χ0n) is 11.4. The van der Waals surface area contributed by atoms with Crippen LogP contribution in [0.3, 0.4) is 0 Å². The second-order valence-electron chi connectivity index (χ2n) is 4.62. The molecule has 0 aromatic heterocycles. The van der Waals surface area contributed by atoms with E-state index < -0.39 is 23.8 Å². The van der Waals surface area contributed by atoms with Crippen molar-refractivity contribution in [2.45, 2.75) is 39.2 Å². The van der Waals surface area contributed by atoms with Gasteiger partial charge in [-0.15, -0.1) is 0 Å². The van der Waals surface area contributed by atoms with Crippen molar-refractivity contribution in [3.05, 3.63) is 23.8 Å². The lowest BCUT2D eigenvalue weighted by Gasteiger charge is -2.17. The number of hydrogen-bond acceptors (Lipinski definition) is 3. The van der Waals surface area contributed by atoms with Crippen LogP contribution in [0.1, 0.15) is 26.3 Å². The van der Waals surface area contributed by atoms with E-state index in [1.165, 1.54) is 13.0 Å². The number of anilines is 2. The van der Waals surface area contributed by atoms with Gasteiger partial charge in [0.15, 0.2) is 0 Å². The van der Waals surface area contributed by atoms with Gasteiger partial charge in [-0.2, -0.15) is 13.2 Å². The van der Waals surface area contributed by atoms with Crippen LogP contribution in [0.25, 0.3) is 0 Å². The first-order valence-corrected chi connectivity index (χ1v) is 6.04. The van der Waals surface area contributed by atoms with E-state index >= 15 is 0 Å². The molecule has 0 bridgehead atoms. The zero-order chi connectivity index (χ0) is 15.5. The highest BCUT2D eigenvalue weighted by Crippen LogP contribution is 2.35. The largest absolute Gasteiger partial charge is 0.418 e. The second kappa shape index (κ2) is 6.13. The highest BCUT2D eigenvalue weighted by molar-refractivity contribution is 5.94. The number of hydrogen-bond donors (Lipinski definition) is 2. The molecule has 3 N–H and O–H groups in total. The summed E-state index contributed by atoms with van der Waals surface area (Å²) in [6, 6.07) is 3.21. The van der Waals surface area contributed by atoms with E-state index in [0.717, 1.165) is 12.1 Å². The predicted octanol–water partition coefficient (Wildman–Crippen LogP) is 3.04. The van der Waals surface area contributed by atoms with Crippen LogP contribution >= 0.6 is 0 Å². The highest BCUT2D eigenvalue weighted by atomic mass is 19.4. The fourth-order valence-corrected chi connectivity index (χ4v) is 1.59. The molecule has 0 fully saturated rings. The molecule has 0 saturated carbocycles. The number of carbonyl (C=O) groups excluding carboxylic acids is 1. The van der Waals surface area contributed by atoms with Gasteiger partial charge in [0.05, 0.1) is 11.7 Å². The molecule has 1 aromatic carbocycles. The molecule has 0 aliphatic carbocycles. The fourth-order valence-electron chi connectivity index (χ4n) is 1.59. The van der Waals surface area contributed by atoms with Crippen molar-refractivity contribution >= 4 is 17.3 Å². The molecule has 1 rings (SSSR count). The lowest BCUT2D eigenvalue weighted by molar-refractivity contribution is -0.137. The van der Waals surface area contributed by atoms with Crippen LogP contribution in [0.2, 0.25) is 0 Å². The number of halogens is 3. The Morgan fingerprint density at radius 3 is 2.40 bits per heavy atom. The van der Waals surface area contributed by atoms with Gasteiger partial charge in [0.2, 0.25) is 0 Å². The van der Waals surface area contributed by atoms with Crippen LogP contribution in [-0.2, 0) is 15.7 Å². The van der Waals surface area contributed by atoms with Gasteiger partial charge in [-0.25, -0.2) is 0 Å². The first-order valence-electron chi connectivity index (χ1n) is 6.04. The Hall–Kier alpha value is -1.76. The maximum Gasteiger partial charge on any atom is 0.418 e. The summed E-state index contributed by atoms with van der Waals surface area (Å²) in [4.78, 5) is 11.7. The van der Waals surface area contributed by atoms with Gasteiger partial charge in [-0.05, 0) is 39.0 Å². The van der Waals surface area contributed by atoms with E-state index in [0.29, 0.717) is 0 Å². The Bertz CT molecular complexity index is 487. The van der Waals surface area contributed by atoms with Crippen molar-refractivity contribution in [1.29, 1.82) is 0 Å². The minimum Gasteiger partial charge on any atom is -0.398 e. The summed E-state index contributed by atoms with van der Waals surface area (Å²) in [5.74, 6) is -0.517. The number of ether oxygens (including phenoxy) is 1. The van der Waals surface area contributed by atoms with Gasteiger partial charge >= 0.3 is 6.18 Å². The van der Waals surface area contributed by atoms with Crippen molar-refractivity contribution < 1.29 is 22.7 Å². The van der Waals surface area contributed by atoms with Crippen molar-refractivity contribution in [3.8, 4) is 0 Å². The van der Waals surface area contributed by atoms with Crippen LogP contribution < -0.4 is 11.1 Å². The molecule has 0 radical (unpaired) electrons. The molecule has 0 aliphatic rings. The van der Waals surface area contributed by atoms with Crippen LogP contribution in [0, 0.1) is 0 Å². The molecule has 1 unspecified atom stereocenters. The van der Waals surface area contributed by atoms with Crippen LogP contribution in [0.5, 0.6) is 0 Å². The van der Waals surface area contributed by atoms with Gasteiger partial charge in [0, 0.05) is 11.4 Å². The molecule has 0 saturated heterocycles. The van der Waals surface area contributed by atoms with E-state index in [1.807, 2.05) is 0 Å². The molecule has 1 amide bonds. The summed E-state index contributed by atoms with van der Waals surface area (Å²) in [5, 5.41) is 2.37. The average Bonchev–Trinajstić information content (AvgIpc) is 2.29. The smallest absolute Gasteiger partial charge is 0.398 e. The molecule has 1 atom stereocenters. The Morgan fingerprint density at radius 2 is 1.90 bits per heavy atom. The average molecular weight is 290 g/mol.